The van der Waals surface area contributed by atoms with Crippen LogP contribution in [0.3, 0.4) is 0 Å². The van der Waals surface area contributed by atoms with E-state index in [1.54, 1.807) is 11.8 Å². The zero-order chi connectivity index (χ0) is 15.7. The Hall–Kier alpha value is -0.200. The molecule has 1 nitrogen and oxygen atoms in total. The molecule has 1 aromatic rings. The van der Waals surface area contributed by atoms with Crippen molar-refractivity contribution in [2.45, 2.75) is 49.7 Å². The molecule has 0 fully saturated rings. The third-order valence-corrected chi connectivity index (χ3v) is 4.59. The van der Waals surface area contributed by atoms with Gasteiger partial charge in [-0.3, -0.25) is 0 Å². The van der Waals surface area contributed by atoms with E-state index in [2.05, 4.69) is 28.2 Å². The summed E-state index contributed by atoms with van der Waals surface area (Å²) in [6, 6.07) is 8.08. The second-order valence-electron chi connectivity index (χ2n) is 4.93. The van der Waals surface area contributed by atoms with E-state index in [4.69, 9.17) is 0 Å². The van der Waals surface area contributed by atoms with E-state index in [1.807, 2.05) is 24.3 Å². The highest BCUT2D eigenvalue weighted by atomic mass is 79.9. The van der Waals surface area contributed by atoms with Crippen molar-refractivity contribution < 1.29 is 13.2 Å². The normalized spacial score (nSPS) is 13.4. The number of halogens is 4. The minimum atomic E-state index is -4.05. The summed E-state index contributed by atoms with van der Waals surface area (Å²) in [5.41, 5.74) is 0. The lowest BCUT2D eigenvalue weighted by atomic mass is 10.1. The summed E-state index contributed by atoms with van der Waals surface area (Å²) in [7, 11) is 0. The van der Waals surface area contributed by atoms with E-state index < -0.39 is 12.6 Å². The molecule has 1 N–H and O–H groups in total. The average molecular weight is 384 g/mol. The van der Waals surface area contributed by atoms with Gasteiger partial charge in [-0.05, 0) is 44.0 Å². The second kappa shape index (κ2) is 9.74. The maximum Gasteiger partial charge on any atom is 0.389 e. The highest BCUT2D eigenvalue weighted by Gasteiger charge is 2.26. The van der Waals surface area contributed by atoms with Gasteiger partial charge in [-0.1, -0.05) is 28.9 Å². The van der Waals surface area contributed by atoms with Gasteiger partial charge in [0.1, 0.15) is 0 Å². The van der Waals surface area contributed by atoms with Crippen molar-refractivity contribution in [2.24, 2.45) is 0 Å². The van der Waals surface area contributed by atoms with Gasteiger partial charge in [-0.25, -0.2) is 0 Å². The van der Waals surface area contributed by atoms with Crippen LogP contribution >= 0.6 is 27.7 Å². The van der Waals surface area contributed by atoms with Crippen molar-refractivity contribution in [1.29, 1.82) is 0 Å². The molecule has 6 heteroatoms. The van der Waals surface area contributed by atoms with Crippen molar-refractivity contribution in [1.82, 2.24) is 5.32 Å². The number of rotatable bonds is 9. The Bertz CT molecular complexity index is 412. The number of thioether (sulfide) groups is 1. The predicted octanol–water partition coefficient (Wildman–Crippen LogP) is 5.64. The van der Waals surface area contributed by atoms with Crippen LogP contribution in [-0.4, -0.2) is 24.5 Å². The first-order valence-corrected chi connectivity index (χ1v) is 8.87. The summed E-state index contributed by atoms with van der Waals surface area (Å²) in [5.74, 6) is 0.786. The summed E-state index contributed by atoms with van der Waals surface area (Å²) in [4.78, 5) is 1.13. The lowest BCUT2D eigenvalue weighted by Gasteiger charge is -2.18. The summed E-state index contributed by atoms with van der Waals surface area (Å²) in [5, 5.41) is 3.34. The van der Waals surface area contributed by atoms with Crippen LogP contribution in [0, 0.1) is 0 Å². The molecular weight excluding hydrogens is 363 g/mol. The first-order chi connectivity index (χ1) is 9.90. The number of nitrogens with one attached hydrogen (secondary N) is 1. The van der Waals surface area contributed by atoms with E-state index in [0.29, 0.717) is 6.42 Å². The molecule has 21 heavy (non-hydrogen) atoms. The van der Waals surface area contributed by atoms with Crippen LogP contribution in [0.2, 0.25) is 0 Å². The Morgan fingerprint density at radius 1 is 1.33 bits per heavy atom. The van der Waals surface area contributed by atoms with Crippen LogP contribution in [0.1, 0.15) is 32.6 Å². The number of benzene rings is 1. The molecule has 0 amide bonds. The molecule has 0 aliphatic heterocycles. The molecule has 0 radical (unpaired) electrons. The molecule has 1 rings (SSSR count). The lowest BCUT2D eigenvalue weighted by Crippen LogP contribution is -2.32. The third kappa shape index (κ3) is 9.42. The fourth-order valence-electron chi connectivity index (χ4n) is 1.90. The first kappa shape index (κ1) is 18.8. The van der Waals surface area contributed by atoms with Crippen molar-refractivity contribution in [3.8, 4) is 0 Å². The van der Waals surface area contributed by atoms with Gasteiger partial charge in [0, 0.05) is 27.6 Å². The number of hydrogen-bond donors (Lipinski definition) is 1. The molecule has 120 valence electrons. The van der Waals surface area contributed by atoms with Crippen LogP contribution in [-0.2, 0) is 0 Å². The molecule has 1 atom stereocenters. The Balaban J connectivity index is 2.41. The van der Waals surface area contributed by atoms with Gasteiger partial charge >= 0.3 is 6.18 Å². The SMILES string of the molecule is CCCNC(CCCC(F)(F)F)CSc1cccc(Br)c1. The number of hydrogen-bond acceptors (Lipinski definition) is 2. The van der Waals surface area contributed by atoms with Gasteiger partial charge in [0.25, 0.3) is 0 Å². The Kier molecular flexibility index (Phi) is 8.74. The summed E-state index contributed by atoms with van der Waals surface area (Å²) >= 11 is 5.10. The van der Waals surface area contributed by atoms with E-state index in [1.165, 1.54) is 0 Å². The third-order valence-electron chi connectivity index (χ3n) is 2.94. The predicted molar refractivity (Wildman–Crippen MR) is 86.9 cm³/mol. The largest absolute Gasteiger partial charge is 0.389 e. The molecule has 0 aromatic heterocycles. The van der Waals surface area contributed by atoms with E-state index in [9.17, 15) is 13.2 Å². The first-order valence-electron chi connectivity index (χ1n) is 7.09. The van der Waals surface area contributed by atoms with Gasteiger partial charge in [-0.2, -0.15) is 13.2 Å². The molecule has 0 heterocycles. The Morgan fingerprint density at radius 3 is 2.71 bits per heavy atom. The molecule has 0 bridgehead atoms. The lowest BCUT2D eigenvalue weighted by molar-refractivity contribution is -0.135. The molecule has 0 saturated heterocycles. The zero-order valence-electron chi connectivity index (χ0n) is 12.0. The van der Waals surface area contributed by atoms with Crippen LogP contribution < -0.4 is 5.32 Å². The van der Waals surface area contributed by atoms with Crippen molar-refractivity contribution in [2.75, 3.05) is 12.3 Å². The molecule has 1 unspecified atom stereocenters. The molecule has 1 aromatic carbocycles. The van der Waals surface area contributed by atoms with Gasteiger partial charge in [0.2, 0.25) is 0 Å². The fourth-order valence-corrected chi connectivity index (χ4v) is 3.51. The van der Waals surface area contributed by atoms with Crippen molar-refractivity contribution in [3.63, 3.8) is 0 Å². The van der Waals surface area contributed by atoms with E-state index in [-0.39, 0.29) is 12.5 Å². The van der Waals surface area contributed by atoms with Crippen molar-refractivity contribution in [3.05, 3.63) is 28.7 Å². The van der Waals surface area contributed by atoms with Gasteiger partial charge in [0.15, 0.2) is 0 Å². The molecule has 0 spiro atoms. The highest BCUT2D eigenvalue weighted by molar-refractivity contribution is 9.10. The van der Waals surface area contributed by atoms with Gasteiger partial charge in [0.05, 0.1) is 0 Å². The summed E-state index contributed by atoms with van der Waals surface area (Å²) in [6.45, 7) is 2.90. The molecule has 0 aliphatic carbocycles. The van der Waals surface area contributed by atoms with E-state index in [0.717, 1.165) is 28.1 Å². The average Bonchev–Trinajstić information content (AvgIpc) is 2.40. The Morgan fingerprint density at radius 2 is 2.10 bits per heavy atom. The second-order valence-corrected chi connectivity index (χ2v) is 6.94. The fraction of sp³-hybridized carbons (Fsp3) is 0.600. The van der Waals surface area contributed by atoms with E-state index >= 15 is 0 Å². The van der Waals surface area contributed by atoms with Gasteiger partial charge in [-0.15, -0.1) is 11.8 Å². The Labute approximate surface area is 137 Å². The topological polar surface area (TPSA) is 12.0 Å². The number of alkyl halides is 3. The van der Waals surface area contributed by atoms with Crippen LogP contribution in [0.4, 0.5) is 13.2 Å². The molecular formula is C15H21BrF3NS. The quantitative estimate of drug-likeness (QED) is 0.553. The minimum absolute atomic E-state index is 0.122. The maximum absolute atomic E-state index is 12.2. The molecule has 0 saturated carbocycles. The standard InChI is InChI=1S/C15H21BrF3NS/c1-2-9-20-13(6-4-8-15(17,18)19)11-21-14-7-3-5-12(16)10-14/h3,5,7,10,13,20H,2,4,6,8-9,11H2,1H3. The smallest absolute Gasteiger partial charge is 0.313 e. The minimum Gasteiger partial charge on any atom is -0.313 e. The van der Waals surface area contributed by atoms with Crippen LogP contribution in [0.25, 0.3) is 0 Å². The van der Waals surface area contributed by atoms with Crippen LogP contribution in [0.5, 0.6) is 0 Å². The summed E-state index contributed by atoms with van der Waals surface area (Å²) in [6.07, 6.45) is -3.02. The molecule has 0 aliphatic rings. The summed E-state index contributed by atoms with van der Waals surface area (Å²) < 4.78 is 37.7. The monoisotopic (exact) mass is 383 g/mol. The maximum atomic E-state index is 12.2. The van der Waals surface area contributed by atoms with Gasteiger partial charge < -0.3 is 5.32 Å². The van der Waals surface area contributed by atoms with Crippen molar-refractivity contribution >= 4 is 27.7 Å². The highest BCUT2D eigenvalue weighted by Crippen LogP contribution is 2.25. The van der Waals surface area contributed by atoms with Crippen LogP contribution in [0.15, 0.2) is 33.6 Å². The zero-order valence-corrected chi connectivity index (χ0v) is 14.5.